The van der Waals surface area contributed by atoms with Crippen molar-refractivity contribution in [1.29, 1.82) is 0 Å². The Hall–Kier alpha value is -0.610. The molecular formula is C10H19NO3. The summed E-state index contributed by atoms with van der Waals surface area (Å²) in [5, 5.41) is 8.65. The van der Waals surface area contributed by atoms with Gasteiger partial charge in [-0.3, -0.25) is 4.79 Å². The summed E-state index contributed by atoms with van der Waals surface area (Å²) in [4.78, 5) is 13.0. The van der Waals surface area contributed by atoms with E-state index in [-0.39, 0.29) is 18.6 Å². The van der Waals surface area contributed by atoms with Crippen molar-refractivity contribution >= 4 is 5.91 Å². The van der Waals surface area contributed by atoms with Gasteiger partial charge in [-0.1, -0.05) is 0 Å². The molecular weight excluding hydrogens is 182 g/mol. The maximum Gasteiger partial charge on any atom is 0.222 e. The zero-order valence-electron chi connectivity index (χ0n) is 8.74. The molecule has 1 unspecified atom stereocenters. The molecule has 1 atom stereocenters. The molecule has 0 aromatic heterocycles. The van der Waals surface area contributed by atoms with E-state index in [4.69, 9.17) is 9.84 Å². The van der Waals surface area contributed by atoms with E-state index in [1.54, 1.807) is 11.9 Å². The molecule has 1 amide bonds. The van der Waals surface area contributed by atoms with Crippen LogP contribution in [-0.4, -0.2) is 48.8 Å². The van der Waals surface area contributed by atoms with Crippen molar-refractivity contribution in [3.05, 3.63) is 0 Å². The highest BCUT2D eigenvalue weighted by atomic mass is 16.5. The van der Waals surface area contributed by atoms with Crippen molar-refractivity contribution in [2.45, 2.75) is 31.8 Å². The molecule has 0 bridgehead atoms. The lowest BCUT2D eigenvalue weighted by atomic mass is 10.1. The normalized spacial score (nSPS) is 21.1. The number of hydrogen-bond donors (Lipinski definition) is 1. The molecule has 4 heteroatoms. The van der Waals surface area contributed by atoms with E-state index in [1.807, 2.05) is 0 Å². The van der Waals surface area contributed by atoms with Gasteiger partial charge in [0.2, 0.25) is 5.91 Å². The standard InChI is InChI=1S/C10H19NO3/c1-11(6-7-12)10(13)5-4-9-3-2-8-14-9/h9,12H,2-8H2,1H3. The van der Waals surface area contributed by atoms with E-state index in [0.717, 1.165) is 25.9 Å². The molecule has 1 saturated heterocycles. The van der Waals surface area contributed by atoms with Crippen LogP contribution in [0.5, 0.6) is 0 Å². The predicted molar refractivity (Wildman–Crippen MR) is 52.9 cm³/mol. The summed E-state index contributed by atoms with van der Waals surface area (Å²) in [6.45, 7) is 1.29. The number of carbonyl (C=O) groups excluding carboxylic acids is 1. The second-order valence-electron chi connectivity index (χ2n) is 3.71. The molecule has 82 valence electrons. The van der Waals surface area contributed by atoms with Crippen LogP contribution in [0.15, 0.2) is 0 Å². The van der Waals surface area contributed by atoms with Gasteiger partial charge in [0.25, 0.3) is 0 Å². The van der Waals surface area contributed by atoms with Crippen molar-refractivity contribution in [3.8, 4) is 0 Å². The van der Waals surface area contributed by atoms with Crippen molar-refractivity contribution < 1.29 is 14.6 Å². The van der Waals surface area contributed by atoms with Gasteiger partial charge in [0.1, 0.15) is 0 Å². The van der Waals surface area contributed by atoms with Gasteiger partial charge < -0.3 is 14.7 Å². The van der Waals surface area contributed by atoms with Crippen molar-refractivity contribution in [2.75, 3.05) is 26.8 Å². The average molecular weight is 201 g/mol. The second-order valence-corrected chi connectivity index (χ2v) is 3.71. The quantitative estimate of drug-likeness (QED) is 0.700. The number of amides is 1. The minimum Gasteiger partial charge on any atom is -0.395 e. The predicted octanol–water partition coefficient (Wildman–Crippen LogP) is 0.396. The van der Waals surface area contributed by atoms with Gasteiger partial charge in [0.05, 0.1) is 12.7 Å². The lowest BCUT2D eigenvalue weighted by Crippen LogP contribution is -2.29. The fourth-order valence-electron chi connectivity index (χ4n) is 1.62. The first kappa shape index (κ1) is 11.5. The fraction of sp³-hybridized carbons (Fsp3) is 0.900. The summed E-state index contributed by atoms with van der Waals surface area (Å²) in [5.41, 5.74) is 0. The Kier molecular flexibility index (Phi) is 4.90. The third-order valence-corrected chi connectivity index (χ3v) is 2.57. The smallest absolute Gasteiger partial charge is 0.222 e. The number of carbonyl (C=O) groups is 1. The Bertz CT molecular complexity index is 178. The number of likely N-dealkylation sites (N-methyl/N-ethyl adjacent to an activating group) is 1. The SMILES string of the molecule is CN(CCO)C(=O)CCC1CCCO1. The molecule has 0 saturated carbocycles. The largest absolute Gasteiger partial charge is 0.395 e. The van der Waals surface area contributed by atoms with Crippen LogP contribution in [0.25, 0.3) is 0 Å². The maximum atomic E-state index is 11.4. The monoisotopic (exact) mass is 201 g/mol. The number of rotatable bonds is 5. The highest BCUT2D eigenvalue weighted by Crippen LogP contribution is 2.17. The molecule has 1 rings (SSSR count). The van der Waals surface area contributed by atoms with Gasteiger partial charge in [0, 0.05) is 26.6 Å². The van der Waals surface area contributed by atoms with Crippen LogP contribution in [0.2, 0.25) is 0 Å². The highest BCUT2D eigenvalue weighted by molar-refractivity contribution is 5.75. The fourth-order valence-corrected chi connectivity index (χ4v) is 1.62. The molecule has 1 N–H and O–H groups in total. The maximum absolute atomic E-state index is 11.4. The number of nitrogens with zero attached hydrogens (tertiary/aromatic N) is 1. The lowest BCUT2D eigenvalue weighted by Gasteiger charge is -2.16. The van der Waals surface area contributed by atoms with Crippen LogP contribution >= 0.6 is 0 Å². The Morgan fingerprint density at radius 1 is 1.64 bits per heavy atom. The van der Waals surface area contributed by atoms with Gasteiger partial charge in [-0.25, -0.2) is 0 Å². The Morgan fingerprint density at radius 2 is 2.43 bits per heavy atom. The number of ether oxygens (including phenoxy) is 1. The topological polar surface area (TPSA) is 49.8 Å². The van der Waals surface area contributed by atoms with Crippen molar-refractivity contribution in [3.63, 3.8) is 0 Å². The summed E-state index contributed by atoms with van der Waals surface area (Å²) in [6, 6.07) is 0. The number of aliphatic hydroxyl groups excluding tert-OH is 1. The molecule has 1 heterocycles. The van der Waals surface area contributed by atoms with Crippen LogP contribution < -0.4 is 0 Å². The minimum atomic E-state index is 0.0299. The summed E-state index contributed by atoms with van der Waals surface area (Å²) < 4.78 is 5.42. The van der Waals surface area contributed by atoms with E-state index in [2.05, 4.69) is 0 Å². The van der Waals surface area contributed by atoms with Gasteiger partial charge in [-0.2, -0.15) is 0 Å². The molecule has 1 aliphatic heterocycles. The summed E-state index contributed by atoms with van der Waals surface area (Å²) in [6.07, 6.45) is 3.82. The first-order valence-corrected chi connectivity index (χ1v) is 5.20. The van der Waals surface area contributed by atoms with Gasteiger partial charge >= 0.3 is 0 Å². The van der Waals surface area contributed by atoms with Crippen LogP contribution in [0.4, 0.5) is 0 Å². The summed E-state index contributed by atoms with van der Waals surface area (Å²) in [5.74, 6) is 0.0922. The molecule has 4 nitrogen and oxygen atoms in total. The Labute approximate surface area is 84.8 Å². The zero-order valence-corrected chi connectivity index (χ0v) is 8.74. The Morgan fingerprint density at radius 3 is 3.00 bits per heavy atom. The molecule has 0 aromatic rings. The van der Waals surface area contributed by atoms with Gasteiger partial charge in [-0.05, 0) is 19.3 Å². The molecule has 1 fully saturated rings. The van der Waals surface area contributed by atoms with Crippen molar-refractivity contribution in [2.24, 2.45) is 0 Å². The van der Waals surface area contributed by atoms with Crippen LogP contribution in [0, 0.1) is 0 Å². The summed E-state index contributed by atoms with van der Waals surface area (Å²) in [7, 11) is 1.72. The molecule has 0 aromatic carbocycles. The summed E-state index contributed by atoms with van der Waals surface area (Å²) >= 11 is 0. The minimum absolute atomic E-state index is 0.0299. The molecule has 1 aliphatic rings. The second kappa shape index (κ2) is 5.98. The number of aliphatic hydroxyl groups is 1. The molecule has 14 heavy (non-hydrogen) atoms. The van der Waals surface area contributed by atoms with E-state index in [1.165, 1.54) is 0 Å². The van der Waals surface area contributed by atoms with E-state index >= 15 is 0 Å². The van der Waals surface area contributed by atoms with Gasteiger partial charge in [0.15, 0.2) is 0 Å². The third-order valence-electron chi connectivity index (χ3n) is 2.57. The van der Waals surface area contributed by atoms with Crippen LogP contribution in [0.3, 0.4) is 0 Å². The average Bonchev–Trinajstić information content (AvgIpc) is 2.67. The van der Waals surface area contributed by atoms with E-state index in [0.29, 0.717) is 13.0 Å². The zero-order chi connectivity index (χ0) is 10.4. The third kappa shape index (κ3) is 3.64. The van der Waals surface area contributed by atoms with Crippen LogP contribution in [-0.2, 0) is 9.53 Å². The molecule has 0 spiro atoms. The highest BCUT2D eigenvalue weighted by Gasteiger charge is 2.17. The lowest BCUT2D eigenvalue weighted by molar-refractivity contribution is -0.130. The van der Waals surface area contributed by atoms with E-state index < -0.39 is 0 Å². The van der Waals surface area contributed by atoms with Crippen molar-refractivity contribution in [1.82, 2.24) is 4.90 Å². The first-order chi connectivity index (χ1) is 6.74. The van der Waals surface area contributed by atoms with E-state index in [9.17, 15) is 4.79 Å². The number of hydrogen-bond acceptors (Lipinski definition) is 3. The van der Waals surface area contributed by atoms with Crippen LogP contribution in [0.1, 0.15) is 25.7 Å². The molecule has 0 radical (unpaired) electrons. The first-order valence-electron chi connectivity index (χ1n) is 5.20. The van der Waals surface area contributed by atoms with Gasteiger partial charge in [-0.15, -0.1) is 0 Å². The Balaban J connectivity index is 2.13. The molecule has 0 aliphatic carbocycles.